The van der Waals surface area contributed by atoms with Gasteiger partial charge >= 0.3 is 0 Å². The number of carbonyl (C=O) groups is 2. The van der Waals surface area contributed by atoms with Gasteiger partial charge in [-0.1, -0.05) is 58.0 Å². The first-order valence-electron chi connectivity index (χ1n) is 7.75. The molecule has 0 saturated carbocycles. The molecule has 130 valence electrons. The summed E-state index contributed by atoms with van der Waals surface area (Å²) in [4.78, 5) is 26.2. The molecule has 0 aromatic heterocycles. The third kappa shape index (κ3) is 3.66. The first-order chi connectivity index (χ1) is 12.5. The quantitative estimate of drug-likeness (QED) is 0.598. The number of hydrogen-bond donors (Lipinski definition) is 1. The zero-order valence-electron chi connectivity index (χ0n) is 13.6. The lowest BCUT2D eigenvalue weighted by Crippen LogP contribution is -2.31. The smallest absolute Gasteiger partial charge is 0.262 e. The van der Waals surface area contributed by atoms with Gasteiger partial charge in [0, 0.05) is 10.2 Å². The highest BCUT2D eigenvalue weighted by molar-refractivity contribution is 9.10. The summed E-state index contributed by atoms with van der Waals surface area (Å²) in [5.41, 5.74) is 6.75. The number of nitriles is 1. The van der Waals surface area contributed by atoms with Crippen molar-refractivity contribution in [2.45, 2.75) is 11.7 Å². The Morgan fingerprint density at radius 1 is 1.19 bits per heavy atom. The van der Waals surface area contributed by atoms with Crippen LogP contribution >= 0.6 is 27.7 Å². The van der Waals surface area contributed by atoms with E-state index in [1.807, 2.05) is 36.4 Å². The third-order valence-corrected chi connectivity index (χ3v) is 5.67. The Bertz CT molecular complexity index is 920. The van der Waals surface area contributed by atoms with Crippen LogP contribution in [0.25, 0.3) is 0 Å². The van der Waals surface area contributed by atoms with Gasteiger partial charge in [-0.3, -0.25) is 14.5 Å². The van der Waals surface area contributed by atoms with E-state index in [2.05, 4.69) is 15.9 Å². The molecule has 2 N–H and O–H groups in total. The van der Waals surface area contributed by atoms with E-state index < -0.39 is 11.2 Å². The van der Waals surface area contributed by atoms with E-state index in [4.69, 9.17) is 5.73 Å². The second-order valence-corrected chi connectivity index (χ2v) is 7.71. The lowest BCUT2D eigenvalue weighted by Gasteiger charge is -2.18. The zero-order valence-corrected chi connectivity index (χ0v) is 16.0. The first-order valence-corrected chi connectivity index (χ1v) is 9.43. The van der Waals surface area contributed by atoms with E-state index in [1.54, 1.807) is 24.3 Å². The van der Waals surface area contributed by atoms with Crippen molar-refractivity contribution in [3.05, 3.63) is 75.2 Å². The van der Waals surface area contributed by atoms with Crippen molar-refractivity contribution in [1.29, 1.82) is 5.26 Å². The number of anilines is 1. The van der Waals surface area contributed by atoms with Gasteiger partial charge < -0.3 is 5.73 Å². The Balaban J connectivity index is 2.03. The van der Waals surface area contributed by atoms with Crippen molar-refractivity contribution in [1.82, 2.24) is 0 Å². The maximum Gasteiger partial charge on any atom is 0.262 e. The van der Waals surface area contributed by atoms with Crippen LogP contribution in [0.3, 0.4) is 0 Å². The molecule has 1 saturated heterocycles. The van der Waals surface area contributed by atoms with Gasteiger partial charge in [-0.05, 0) is 36.2 Å². The summed E-state index contributed by atoms with van der Waals surface area (Å²) in [6.07, 6.45) is 0.498. The van der Waals surface area contributed by atoms with E-state index in [0.717, 1.165) is 10.0 Å². The second-order valence-electron chi connectivity index (χ2n) is 5.60. The number of nitrogens with two attached hydrogens (primary N) is 1. The zero-order chi connectivity index (χ0) is 18.7. The maximum atomic E-state index is 13.0. The summed E-state index contributed by atoms with van der Waals surface area (Å²) < 4.78 is 0.863. The van der Waals surface area contributed by atoms with E-state index in [0.29, 0.717) is 12.1 Å². The summed E-state index contributed by atoms with van der Waals surface area (Å²) in [5, 5.41) is 9.21. The largest absolute Gasteiger partial charge is 0.365 e. The van der Waals surface area contributed by atoms with E-state index in [1.165, 1.54) is 16.7 Å². The fourth-order valence-corrected chi connectivity index (χ4v) is 4.23. The molecule has 1 aliphatic heterocycles. The molecule has 7 heteroatoms. The van der Waals surface area contributed by atoms with Gasteiger partial charge in [0.2, 0.25) is 5.91 Å². The number of hydrogen-bond acceptors (Lipinski definition) is 4. The fourth-order valence-electron chi connectivity index (χ4n) is 2.65. The lowest BCUT2D eigenvalue weighted by atomic mass is 10.1. The molecule has 0 aliphatic carbocycles. The Labute approximate surface area is 163 Å². The molecule has 1 unspecified atom stereocenters. The van der Waals surface area contributed by atoms with Gasteiger partial charge in [-0.25, -0.2) is 0 Å². The summed E-state index contributed by atoms with van der Waals surface area (Å²) in [6, 6.07) is 18.6. The van der Waals surface area contributed by atoms with Gasteiger partial charge in [-0.2, -0.15) is 5.26 Å². The highest BCUT2D eigenvalue weighted by Crippen LogP contribution is 2.41. The Morgan fingerprint density at radius 2 is 1.85 bits per heavy atom. The molecular weight excluding hydrogens is 414 g/mol. The first kappa shape index (κ1) is 18.2. The molecule has 1 heterocycles. The van der Waals surface area contributed by atoms with Gasteiger partial charge in [0.15, 0.2) is 0 Å². The molecule has 3 rings (SSSR count). The number of thioether (sulfide) groups is 1. The second kappa shape index (κ2) is 7.77. The third-order valence-electron chi connectivity index (χ3n) is 3.87. The molecule has 2 aromatic carbocycles. The van der Waals surface area contributed by atoms with Gasteiger partial charge in [0.1, 0.15) is 16.7 Å². The molecule has 1 aliphatic rings. The standard InChI is InChI=1S/C19H14BrN3O2S/c20-13-6-8-14(9-7-13)23-18(25)16(10-12-4-2-1-3-5-12)26-19(23)15(11-21)17(22)24/h1-9,16H,10H2,(H2,22,24)/b19-15-. The van der Waals surface area contributed by atoms with Crippen LogP contribution in [-0.4, -0.2) is 17.1 Å². The Morgan fingerprint density at radius 3 is 2.42 bits per heavy atom. The molecule has 2 aromatic rings. The minimum absolute atomic E-state index is 0.176. The van der Waals surface area contributed by atoms with Crippen molar-refractivity contribution in [3.8, 4) is 6.07 Å². The predicted molar refractivity (Wildman–Crippen MR) is 105 cm³/mol. The summed E-state index contributed by atoms with van der Waals surface area (Å²) in [5.74, 6) is -1.02. The number of rotatable bonds is 4. The van der Waals surface area contributed by atoms with Crippen LogP contribution in [0, 0.1) is 11.3 Å². The number of halogens is 1. The maximum absolute atomic E-state index is 13.0. The number of benzene rings is 2. The molecule has 0 radical (unpaired) electrons. The van der Waals surface area contributed by atoms with Crippen LogP contribution in [0.15, 0.2) is 69.7 Å². The fraction of sp³-hybridized carbons (Fsp3) is 0.105. The number of nitrogens with zero attached hydrogens (tertiary/aromatic N) is 2. The number of amides is 2. The molecule has 0 spiro atoms. The van der Waals surface area contributed by atoms with E-state index >= 15 is 0 Å². The SMILES string of the molecule is N#C/C(C(N)=O)=C1/SC(Cc2ccccc2)C(=O)N1c1ccc(Br)cc1. The number of primary amides is 1. The minimum atomic E-state index is -0.842. The normalized spacial score (nSPS) is 18.5. The molecule has 26 heavy (non-hydrogen) atoms. The van der Waals surface area contributed by atoms with Crippen LogP contribution in [0.4, 0.5) is 5.69 Å². The van der Waals surface area contributed by atoms with Crippen LogP contribution in [-0.2, 0) is 16.0 Å². The van der Waals surface area contributed by atoms with Gasteiger partial charge in [0.05, 0.1) is 5.25 Å². The summed E-state index contributed by atoms with van der Waals surface area (Å²) in [7, 11) is 0. The average Bonchev–Trinajstić information content (AvgIpc) is 2.93. The minimum Gasteiger partial charge on any atom is -0.365 e. The molecule has 2 amide bonds. The van der Waals surface area contributed by atoms with Crippen molar-refractivity contribution >= 4 is 45.2 Å². The highest BCUT2D eigenvalue weighted by atomic mass is 79.9. The molecular formula is C19H14BrN3O2S. The average molecular weight is 428 g/mol. The van der Waals surface area contributed by atoms with Crippen LogP contribution < -0.4 is 10.6 Å². The predicted octanol–water partition coefficient (Wildman–Crippen LogP) is 3.36. The monoisotopic (exact) mass is 427 g/mol. The summed E-state index contributed by atoms with van der Waals surface area (Å²) in [6.45, 7) is 0. The van der Waals surface area contributed by atoms with Crippen molar-refractivity contribution in [2.24, 2.45) is 5.73 Å². The molecule has 1 atom stereocenters. The summed E-state index contributed by atoms with van der Waals surface area (Å²) >= 11 is 4.56. The van der Waals surface area contributed by atoms with E-state index in [-0.39, 0.29) is 16.5 Å². The molecule has 0 bridgehead atoms. The topological polar surface area (TPSA) is 87.2 Å². The van der Waals surface area contributed by atoms with Gasteiger partial charge in [-0.15, -0.1) is 0 Å². The highest BCUT2D eigenvalue weighted by Gasteiger charge is 2.40. The Hall–Kier alpha value is -2.56. The van der Waals surface area contributed by atoms with Crippen molar-refractivity contribution in [2.75, 3.05) is 4.90 Å². The number of carbonyl (C=O) groups excluding carboxylic acids is 2. The van der Waals surface area contributed by atoms with Crippen LogP contribution in [0.1, 0.15) is 5.56 Å². The Kier molecular flexibility index (Phi) is 5.45. The van der Waals surface area contributed by atoms with Crippen molar-refractivity contribution < 1.29 is 9.59 Å². The lowest BCUT2D eigenvalue weighted by molar-refractivity contribution is -0.117. The van der Waals surface area contributed by atoms with Crippen LogP contribution in [0.2, 0.25) is 0 Å². The van der Waals surface area contributed by atoms with Gasteiger partial charge in [0.25, 0.3) is 5.91 Å². The van der Waals surface area contributed by atoms with Crippen LogP contribution in [0.5, 0.6) is 0 Å². The van der Waals surface area contributed by atoms with Crippen molar-refractivity contribution in [3.63, 3.8) is 0 Å². The van der Waals surface area contributed by atoms with E-state index in [9.17, 15) is 14.9 Å². The molecule has 5 nitrogen and oxygen atoms in total. The molecule has 1 fully saturated rings.